The summed E-state index contributed by atoms with van der Waals surface area (Å²) in [5.41, 5.74) is -3.92. The number of carbonyl (C=O) groups is 1. The Hall–Kier alpha value is -2.88. The second-order valence-corrected chi connectivity index (χ2v) is 6.13. The zero-order valence-corrected chi connectivity index (χ0v) is 14.0. The van der Waals surface area contributed by atoms with Gasteiger partial charge in [0, 0.05) is 36.4 Å². The van der Waals surface area contributed by atoms with Gasteiger partial charge in [0.1, 0.15) is 5.03 Å². The zero-order chi connectivity index (χ0) is 18.6. The Labute approximate surface area is 150 Å². The summed E-state index contributed by atoms with van der Waals surface area (Å²) in [7, 11) is 0. The fourth-order valence-corrected chi connectivity index (χ4v) is 2.72. The molecule has 1 N–H and O–H groups in total. The average molecular weight is 379 g/mol. The summed E-state index contributed by atoms with van der Waals surface area (Å²) >= 11 is -0.433. The van der Waals surface area contributed by atoms with Gasteiger partial charge >= 0.3 is 5.51 Å². The monoisotopic (exact) mass is 379 g/mol. The van der Waals surface area contributed by atoms with E-state index in [1.54, 1.807) is 29.2 Å². The van der Waals surface area contributed by atoms with Crippen molar-refractivity contribution < 1.29 is 18.0 Å². The van der Waals surface area contributed by atoms with Crippen LogP contribution in [-0.2, 0) is 6.54 Å². The second kappa shape index (κ2) is 7.56. The number of hydrogen-bond acceptors (Lipinski definition) is 5. The first kappa shape index (κ1) is 17.9. The first-order valence-electron chi connectivity index (χ1n) is 7.36. The van der Waals surface area contributed by atoms with Crippen molar-refractivity contribution in [2.45, 2.75) is 17.1 Å². The van der Waals surface area contributed by atoms with E-state index in [2.05, 4.69) is 20.4 Å². The van der Waals surface area contributed by atoms with Gasteiger partial charge in [-0.2, -0.15) is 18.3 Å². The van der Waals surface area contributed by atoms with E-state index in [9.17, 15) is 18.0 Å². The van der Waals surface area contributed by atoms with Crippen LogP contribution >= 0.6 is 11.8 Å². The Kier molecular flexibility index (Phi) is 5.21. The summed E-state index contributed by atoms with van der Waals surface area (Å²) in [6.07, 6.45) is 4.50. The number of aromatic nitrogens is 4. The van der Waals surface area contributed by atoms with E-state index in [1.165, 1.54) is 18.3 Å². The molecule has 0 fully saturated rings. The van der Waals surface area contributed by atoms with Crippen LogP contribution in [0.5, 0.6) is 0 Å². The number of amides is 1. The number of alkyl halides is 3. The molecule has 3 aromatic rings. The van der Waals surface area contributed by atoms with Crippen LogP contribution in [0.1, 0.15) is 16.1 Å². The summed E-state index contributed by atoms with van der Waals surface area (Å²) in [5, 5.41) is 6.24. The van der Waals surface area contributed by atoms with Gasteiger partial charge in [-0.15, -0.1) is 0 Å². The smallest absolute Gasteiger partial charge is 0.305 e. The van der Waals surface area contributed by atoms with Crippen molar-refractivity contribution in [1.29, 1.82) is 0 Å². The second-order valence-electron chi connectivity index (χ2n) is 5.08. The lowest BCUT2D eigenvalue weighted by Gasteiger charge is -2.09. The lowest BCUT2D eigenvalue weighted by molar-refractivity contribution is -0.0329. The number of pyridine rings is 2. The number of nitrogens with one attached hydrogen (secondary N) is 1. The molecule has 3 heterocycles. The van der Waals surface area contributed by atoms with Crippen LogP contribution in [0.4, 0.5) is 19.0 Å². The van der Waals surface area contributed by atoms with Crippen molar-refractivity contribution in [2.24, 2.45) is 0 Å². The first-order valence-corrected chi connectivity index (χ1v) is 8.18. The number of rotatable bonds is 5. The van der Waals surface area contributed by atoms with Crippen LogP contribution in [-0.4, -0.2) is 31.2 Å². The number of halogens is 3. The summed E-state index contributed by atoms with van der Waals surface area (Å²) in [6.45, 7) is 0.402. The Morgan fingerprint density at radius 1 is 1.12 bits per heavy atom. The third-order valence-corrected chi connectivity index (χ3v) is 3.91. The number of hydrogen-bond donors (Lipinski definition) is 1. The summed E-state index contributed by atoms with van der Waals surface area (Å²) in [5.74, 6) is -0.495. The van der Waals surface area contributed by atoms with Gasteiger partial charge in [-0.1, -0.05) is 6.07 Å². The van der Waals surface area contributed by atoms with Gasteiger partial charge in [0.05, 0.1) is 17.8 Å². The predicted molar refractivity (Wildman–Crippen MR) is 89.7 cm³/mol. The van der Waals surface area contributed by atoms with Gasteiger partial charge in [-0.3, -0.25) is 14.5 Å². The minimum atomic E-state index is -4.53. The standard InChI is InChI=1S/C16H12F3N5OS/c17-16(18,19)26-15-12(5-3-8-21-15)14(25)22-13-6-9-24(23-13)10-11-4-1-2-7-20-11/h1-9H,10H2,(H,22,23,25). The average Bonchev–Trinajstić information content (AvgIpc) is 3.01. The van der Waals surface area contributed by atoms with Gasteiger partial charge in [-0.25, -0.2) is 4.98 Å². The van der Waals surface area contributed by atoms with Crippen LogP contribution in [0, 0.1) is 0 Å². The Balaban J connectivity index is 1.71. The Bertz CT molecular complexity index is 898. The zero-order valence-electron chi connectivity index (χ0n) is 13.1. The van der Waals surface area contributed by atoms with Gasteiger partial charge in [-0.05, 0) is 24.3 Å². The van der Waals surface area contributed by atoms with E-state index in [0.717, 1.165) is 5.69 Å². The Morgan fingerprint density at radius 3 is 2.65 bits per heavy atom. The molecule has 0 aliphatic rings. The molecule has 134 valence electrons. The molecule has 0 aliphatic heterocycles. The molecule has 0 spiro atoms. The summed E-state index contributed by atoms with van der Waals surface area (Å²) in [4.78, 5) is 20.1. The highest BCUT2D eigenvalue weighted by atomic mass is 32.2. The molecule has 1 amide bonds. The molecule has 3 rings (SSSR count). The van der Waals surface area contributed by atoms with Gasteiger partial charge in [0.15, 0.2) is 5.82 Å². The molecule has 3 aromatic heterocycles. The molecule has 0 radical (unpaired) electrons. The molecular formula is C16H12F3N5OS. The first-order chi connectivity index (χ1) is 12.4. The van der Waals surface area contributed by atoms with Crippen molar-refractivity contribution in [3.63, 3.8) is 0 Å². The van der Waals surface area contributed by atoms with E-state index < -0.39 is 28.2 Å². The van der Waals surface area contributed by atoms with Crippen molar-refractivity contribution in [3.8, 4) is 0 Å². The molecule has 0 aromatic carbocycles. The number of carbonyl (C=O) groups excluding carboxylic acids is 1. The highest BCUT2D eigenvalue weighted by molar-refractivity contribution is 8.00. The van der Waals surface area contributed by atoms with E-state index in [1.807, 2.05) is 12.1 Å². The Morgan fingerprint density at radius 2 is 1.92 bits per heavy atom. The van der Waals surface area contributed by atoms with Gasteiger partial charge in [0.2, 0.25) is 0 Å². The summed E-state index contributed by atoms with van der Waals surface area (Å²) < 4.78 is 39.3. The molecule has 0 bridgehead atoms. The number of thioether (sulfide) groups is 1. The SMILES string of the molecule is O=C(Nc1ccn(Cc2ccccn2)n1)c1cccnc1SC(F)(F)F. The van der Waals surface area contributed by atoms with Crippen LogP contribution in [0.2, 0.25) is 0 Å². The van der Waals surface area contributed by atoms with E-state index in [-0.39, 0.29) is 11.4 Å². The van der Waals surface area contributed by atoms with E-state index >= 15 is 0 Å². The van der Waals surface area contributed by atoms with Crippen molar-refractivity contribution >= 4 is 23.5 Å². The lowest BCUT2D eigenvalue weighted by Crippen LogP contribution is -2.15. The molecule has 0 aliphatic carbocycles. The third-order valence-electron chi connectivity index (χ3n) is 3.16. The molecule has 26 heavy (non-hydrogen) atoms. The molecule has 0 unspecified atom stereocenters. The third kappa shape index (κ3) is 4.82. The highest BCUT2D eigenvalue weighted by Crippen LogP contribution is 2.37. The highest BCUT2D eigenvalue weighted by Gasteiger charge is 2.32. The van der Waals surface area contributed by atoms with E-state index in [0.29, 0.717) is 6.54 Å². The fourth-order valence-electron chi connectivity index (χ4n) is 2.11. The molecular weight excluding hydrogens is 367 g/mol. The topological polar surface area (TPSA) is 72.7 Å². The molecule has 0 saturated carbocycles. The van der Waals surface area contributed by atoms with Crippen molar-refractivity contribution in [3.05, 3.63) is 66.2 Å². The van der Waals surface area contributed by atoms with Crippen LogP contribution in [0.3, 0.4) is 0 Å². The number of anilines is 1. The molecule has 0 atom stereocenters. The van der Waals surface area contributed by atoms with E-state index in [4.69, 9.17) is 0 Å². The van der Waals surface area contributed by atoms with Gasteiger partial charge in [0.25, 0.3) is 5.91 Å². The maximum atomic E-state index is 12.6. The predicted octanol–water partition coefficient (Wildman–Crippen LogP) is 3.59. The maximum absolute atomic E-state index is 12.6. The van der Waals surface area contributed by atoms with Crippen LogP contribution in [0.15, 0.2) is 60.0 Å². The van der Waals surface area contributed by atoms with Crippen molar-refractivity contribution in [1.82, 2.24) is 19.7 Å². The largest absolute Gasteiger partial charge is 0.447 e. The van der Waals surface area contributed by atoms with Crippen LogP contribution < -0.4 is 5.32 Å². The quantitative estimate of drug-likeness (QED) is 0.686. The maximum Gasteiger partial charge on any atom is 0.447 e. The summed E-state index contributed by atoms with van der Waals surface area (Å²) in [6, 6.07) is 9.69. The molecule has 0 saturated heterocycles. The fraction of sp³-hybridized carbons (Fsp3) is 0.125. The minimum absolute atomic E-state index is 0.172. The van der Waals surface area contributed by atoms with Gasteiger partial charge < -0.3 is 5.32 Å². The lowest BCUT2D eigenvalue weighted by atomic mass is 10.2. The van der Waals surface area contributed by atoms with Crippen molar-refractivity contribution in [2.75, 3.05) is 5.32 Å². The normalized spacial score (nSPS) is 11.3. The minimum Gasteiger partial charge on any atom is -0.305 e. The molecule has 10 heteroatoms. The number of nitrogens with zero attached hydrogens (tertiary/aromatic N) is 4. The molecule has 6 nitrogen and oxygen atoms in total. The van der Waals surface area contributed by atoms with Crippen LogP contribution in [0.25, 0.3) is 0 Å².